The number of benzene rings is 3. The molecule has 0 aromatic heterocycles. The van der Waals surface area contributed by atoms with Crippen LogP contribution in [0.5, 0.6) is 23.0 Å². The predicted octanol–water partition coefficient (Wildman–Crippen LogP) is 5.88. The van der Waals surface area contributed by atoms with Crippen LogP contribution in [0.1, 0.15) is 23.6 Å². The lowest BCUT2D eigenvalue weighted by molar-refractivity contribution is 0.349. The van der Waals surface area contributed by atoms with E-state index in [1.807, 2.05) is 53.6 Å². The highest BCUT2D eigenvalue weighted by Crippen LogP contribution is 2.43. The van der Waals surface area contributed by atoms with Gasteiger partial charge < -0.3 is 18.9 Å². The van der Waals surface area contributed by atoms with Crippen LogP contribution in [0.3, 0.4) is 0 Å². The number of methoxy groups -OCH3 is 4. The predicted molar refractivity (Wildman–Crippen MR) is 132 cm³/mol. The molecule has 0 aliphatic carbocycles. The molecule has 1 aliphatic heterocycles. The molecule has 3 aromatic carbocycles. The summed E-state index contributed by atoms with van der Waals surface area (Å²) >= 11 is 0. The smallest absolute Gasteiger partial charge is 0.167 e. The first-order valence-corrected chi connectivity index (χ1v) is 10.8. The van der Waals surface area contributed by atoms with E-state index in [4.69, 9.17) is 24.0 Å². The maximum absolute atomic E-state index is 13.6. The van der Waals surface area contributed by atoms with Gasteiger partial charge in [0.25, 0.3) is 0 Å². The molecule has 1 unspecified atom stereocenters. The Morgan fingerprint density at radius 1 is 0.794 bits per heavy atom. The number of halogens is 1. The van der Waals surface area contributed by atoms with Gasteiger partial charge in [-0.05, 0) is 48.6 Å². The Hall–Kier alpha value is -4.00. The molecule has 1 aliphatic rings. The van der Waals surface area contributed by atoms with Gasteiger partial charge in [0.1, 0.15) is 5.82 Å². The summed E-state index contributed by atoms with van der Waals surface area (Å²) in [6.07, 6.45) is 4.53. The molecule has 34 heavy (non-hydrogen) atoms. The summed E-state index contributed by atoms with van der Waals surface area (Å²) in [5, 5.41) is 6.75. The minimum Gasteiger partial charge on any atom is -0.493 e. The number of para-hydroxylation sites is 2. The van der Waals surface area contributed by atoms with Crippen molar-refractivity contribution >= 4 is 17.5 Å². The van der Waals surface area contributed by atoms with Crippen molar-refractivity contribution in [2.24, 2.45) is 5.10 Å². The maximum atomic E-state index is 13.6. The standard InChI is InChI=1S/C27H27FN2O4/c1-31-24-9-5-7-18(26(24)33-3)11-14-20-17-23(22-8-6-10-25(32-2)27(22)34-4)30(29-20)21-15-12-19(28)13-16-21/h5-16,23H,17H2,1-4H3/b14-11+. The molecule has 6 nitrogen and oxygen atoms in total. The van der Waals surface area contributed by atoms with Gasteiger partial charge >= 0.3 is 0 Å². The number of anilines is 1. The Morgan fingerprint density at radius 2 is 1.44 bits per heavy atom. The van der Waals surface area contributed by atoms with Crippen molar-refractivity contribution in [3.8, 4) is 23.0 Å². The van der Waals surface area contributed by atoms with Crippen molar-refractivity contribution in [1.82, 2.24) is 0 Å². The van der Waals surface area contributed by atoms with Gasteiger partial charge in [0.2, 0.25) is 0 Å². The Morgan fingerprint density at radius 3 is 2.09 bits per heavy atom. The third kappa shape index (κ3) is 4.55. The zero-order valence-corrected chi connectivity index (χ0v) is 19.6. The molecule has 0 fully saturated rings. The van der Waals surface area contributed by atoms with Crippen LogP contribution >= 0.6 is 0 Å². The summed E-state index contributed by atoms with van der Waals surface area (Å²) in [4.78, 5) is 0. The van der Waals surface area contributed by atoms with E-state index in [2.05, 4.69) is 0 Å². The molecule has 0 radical (unpaired) electrons. The number of hydrogen-bond acceptors (Lipinski definition) is 6. The molecule has 0 saturated carbocycles. The molecule has 0 saturated heterocycles. The molecule has 7 heteroatoms. The van der Waals surface area contributed by atoms with Gasteiger partial charge in [-0.2, -0.15) is 5.10 Å². The van der Waals surface area contributed by atoms with Crippen LogP contribution in [0.15, 0.2) is 71.8 Å². The lowest BCUT2D eigenvalue weighted by atomic mass is 9.99. The van der Waals surface area contributed by atoms with Crippen molar-refractivity contribution in [3.05, 3.63) is 83.7 Å². The minimum absolute atomic E-state index is 0.164. The van der Waals surface area contributed by atoms with E-state index in [9.17, 15) is 4.39 Å². The lowest BCUT2D eigenvalue weighted by Gasteiger charge is -2.26. The zero-order chi connectivity index (χ0) is 24.1. The average Bonchev–Trinajstić information content (AvgIpc) is 3.30. The van der Waals surface area contributed by atoms with Crippen LogP contribution in [-0.4, -0.2) is 34.2 Å². The molecule has 3 aromatic rings. The van der Waals surface area contributed by atoms with Crippen LogP contribution < -0.4 is 24.0 Å². The molecular weight excluding hydrogens is 435 g/mol. The molecule has 0 bridgehead atoms. The molecule has 4 rings (SSSR count). The summed E-state index contributed by atoms with van der Waals surface area (Å²) in [5.74, 6) is 2.31. The SMILES string of the molecule is COc1cccc(/C=C/C2=NN(c3ccc(F)cc3)C(c3cccc(OC)c3OC)C2)c1OC. The number of rotatable bonds is 8. The third-order valence-electron chi connectivity index (χ3n) is 5.71. The fourth-order valence-corrected chi connectivity index (χ4v) is 4.11. The highest BCUT2D eigenvalue weighted by Gasteiger charge is 2.31. The van der Waals surface area contributed by atoms with E-state index < -0.39 is 0 Å². The Kier molecular flexibility index (Phi) is 7.01. The summed E-state index contributed by atoms with van der Waals surface area (Å²) in [6.45, 7) is 0. The molecule has 0 N–H and O–H groups in total. The van der Waals surface area contributed by atoms with Crippen LogP contribution in [0.4, 0.5) is 10.1 Å². The van der Waals surface area contributed by atoms with E-state index in [0.717, 1.165) is 22.5 Å². The molecule has 1 heterocycles. The van der Waals surface area contributed by atoms with Gasteiger partial charge in [0.05, 0.1) is 45.9 Å². The first kappa shape index (κ1) is 23.2. The van der Waals surface area contributed by atoms with Crippen molar-refractivity contribution in [2.45, 2.75) is 12.5 Å². The fourth-order valence-electron chi connectivity index (χ4n) is 4.11. The largest absolute Gasteiger partial charge is 0.493 e. The topological polar surface area (TPSA) is 52.5 Å². The maximum Gasteiger partial charge on any atom is 0.167 e. The summed E-state index contributed by atoms with van der Waals surface area (Å²) in [5.41, 5.74) is 3.43. The second-order valence-electron chi connectivity index (χ2n) is 7.63. The molecule has 0 amide bonds. The summed E-state index contributed by atoms with van der Waals surface area (Å²) in [6, 6.07) is 17.6. The Bertz CT molecular complexity index is 1210. The molecule has 1 atom stereocenters. The van der Waals surface area contributed by atoms with Crippen LogP contribution in [-0.2, 0) is 0 Å². The van der Waals surface area contributed by atoms with E-state index in [1.165, 1.54) is 12.1 Å². The Balaban J connectivity index is 1.73. The van der Waals surface area contributed by atoms with E-state index in [1.54, 1.807) is 40.6 Å². The van der Waals surface area contributed by atoms with Gasteiger partial charge in [-0.1, -0.05) is 24.3 Å². The van der Waals surface area contributed by atoms with Crippen molar-refractivity contribution < 1.29 is 23.3 Å². The van der Waals surface area contributed by atoms with Gasteiger partial charge in [-0.15, -0.1) is 0 Å². The van der Waals surface area contributed by atoms with Gasteiger partial charge in [0.15, 0.2) is 23.0 Å². The zero-order valence-electron chi connectivity index (χ0n) is 19.6. The number of nitrogens with zero attached hydrogens (tertiary/aromatic N) is 2. The fraction of sp³-hybridized carbons (Fsp3) is 0.222. The van der Waals surface area contributed by atoms with Gasteiger partial charge in [0, 0.05) is 17.5 Å². The molecule has 176 valence electrons. The Labute approximate surface area is 198 Å². The lowest BCUT2D eigenvalue weighted by Crippen LogP contribution is -2.19. The third-order valence-corrected chi connectivity index (χ3v) is 5.71. The van der Waals surface area contributed by atoms with E-state index in [-0.39, 0.29) is 11.9 Å². The highest BCUT2D eigenvalue weighted by atomic mass is 19.1. The monoisotopic (exact) mass is 462 g/mol. The first-order valence-electron chi connectivity index (χ1n) is 10.8. The quantitative estimate of drug-likeness (QED) is 0.418. The minimum atomic E-state index is -0.298. The summed E-state index contributed by atoms with van der Waals surface area (Å²) in [7, 11) is 6.46. The van der Waals surface area contributed by atoms with Crippen molar-refractivity contribution in [2.75, 3.05) is 33.4 Å². The number of hydrogen-bond donors (Lipinski definition) is 0. The second kappa shape index (κ2) is 10.3. The van der Waals surface area contributed by atoms with Crippen LogP contribution in [0.2, 0.25) is 0 Å². The van der Waals surface area contributed by atoms with E-state index in [0.29, 0.717) is 29.4 Å². The number of allylic oxidation sites excluding steroid dienone is 1. The van der Waals surface area contributed by atoms with Gasteiger partial charge in [-0.25, -0.2) is 4.39 Å². The number of ether oxygens (including phenoxy) is 4. The summed E-state index contributed by atoms with van der Waals surface area (Å²) < 4.78 is 35.7. The molecule has 0 spiro atoms. The normalized spacial score (nSPS) is 15.4. The average molecular weight is 463 g/mol. The first-order chi connectivity index (χ1) is 16.6. The highest BCUT2D eigenvalue weighted by molar-refractivity contribution is 6.01. The van der Waals surface area contributed by atoms with Gasteiger partial charge in [-0.3, -0.25) is 5.01 Å². The van der Waals surface area contributed by atoms with Crippen molar-refractivity contribution in [3.63, 3.8) is 0 Å². The second-order valence-corrected chi connectivity index (χ2v) is 7.63. The van der Waals surface area contributed by atoms with Crippen LogP contribution in [0, 0.1) is 5.82 Å². The van der Waals surface area contributed by atoms with Crippen molar-refractivity contribution in [1.29, 1.82) is 0 Å². The number of hydrazone groups is 1. The molecular formula is C27H27FN2O4. The van der Waals surface area contributed by atoms with E-state index >= 15 is 0 Å². The van der Waals surface area contributed by atoms with Crippen LogP contribution in [0.25, 0.3) is 6.08 Å².